The Labute approximate surface area is 140 Å². The molecule has 0 aromatic heterocycles. The Morgan fingerprint density at radius 2 is 1.43 bits per heavy atom. The minimum Gasteiger partial charge on any atom is -0.458 e. The molecule has 0 rings (SSSR count). The summed E-state index contributed by atoms with van der Waals surface area (Å²) in [7, 11) is 0. The number of amides is 1. The Hall–Kier alpha value is -1.30. The zero-order valence-corrected chi connectivity index (χ0v) is 15.5. The monoisotopic (exact) mass is 330 g/mol. The highest BCUT2D eigenvalue weighted by Crippen LogP contribution is 2.14. The van der Waals surface area contributed by atoms with Gasteiger partial charge in [0, 0.05) is 0 Å². The number of nitrogens with two attached hydrogens (primary N) is 1. The molecule has 1 amide bonds. The van der Waals surface area contributed by atoms with Crippen LogP contribution in [-0.2, 0) is 14.3 Å². The van der Waals surface area contributed by atoms with E-state index in [-0.39, 0.29) is 0 Å². The third-order valence-corrected chi connectivity index (χ3v) is 2.83. The molecule has 0 aliphatic rings. The van der Waals surface area contributed by atoms with Crippen molar-refractivity contribution in [1.82, 2.24) is 5.32 Å². The number of alkyl carbamates (subject to hydrolysis) is 1. The van der Waals surface area contributed by atoms with Crippen LogP contribution in [0.1, 0.15) is 73.6 Å². The van der Waals surface area contributed by atoms with Crippen molar-refractivity contribution >= 4 is 12.1 Å². The van der Waals surface area contributed by atoms with Crippen molar-refractivity contribution in [3.8, 4) is 0 Å². The lowest BCUT2D eigenvalue weighted by Crippen LogP contribution is -2.46. The average molecular weight is 330 g/mol. The fourth-order valence-electron chi connectivity index (χ4n) is 1.92. The van der Waals surface area contributed by atoms with Gasteiger partial charge in [-0.1, -0.05) is 19.3 Å². The van der Waals surface area contributed by atoms with E-state index in [1.807, 2.05) is 0 Å². The summed E-state index contributed by atoms with van der Waals surface area (Å²) < 4.78 is 10.6. The van der Waals surface area contributed by atoms with Crippen molar-refractivity contribution < 1.29 is 19.1 Å². The molecule has 6 heteroatoms. The van der Waals surface area contributed by atoms with Crippen LogP contribution in [0.25, 0.3) is 0 Å². The van der Waals surface area contributed by atoms with E-state index in [0.29, 0.717) is 13.0 Å². The first-order valence-electron chi connectivity index (χ1n) is 8.37. The maximum absolute atomic E-state index is 12.3. The molecule has 0 aromatic rings. The molecule has 0 aromatic carbocycles. The van der Waals surface area contributed by atoms with Gasteiger partial charge in [0.25, 0.3) is 0 Å². The van der Waals surface area contributed by atoms with Crippen LogP contribution in [0.4, 0.5) is 4.79 Å². The fourth-order valence-corrected chi connectivity index (χ4v) is 1.92. The number of unbranched alkanes of at least 4 members (excludes halogenated alkanes) is 3. The third kappa shape index (κ3) is 12.9. The molecule has 6 nitrogen and oxygen atoms in total. The average Bonchev–Trinajstić information content (AvgIpc) is 2.32. The molecule has 0 saturated heterocycles. The van der Waals surface area contributed by atoms with E-state index >= 15 is 0 Å². The molecule has 0 unspecified atom stereocenters. The molecule has 136 valence electrons. The number of esters is 1. The second-order valence-electron chi connectivity index (χ2n) is 7.72. The van der Waals surface area contributed by atoms with Gasteiger partial charge in [-0.15, -0.1) is 0 Å². The van der Waals surface area contributed by atoms with Crippen LogP contribution in [-0.4, -0.2) is 35.9 Å². The van der Waals surface area contributed by atoms with E-state index in [9.17, 15) is 9.59 Å². The van der Waals surface area contributed by atoms with Crippen LogP contribution in [0.15, 0.2) is 0 Å². The SMILES string of the molecule is CC(C)(C)OC(=O)N[C@@H](CCCCCCN)C(=O)OC(C)(C)C. The van der Waals surface area contributed by atoms with Gasteiger partial charge in [0.2, 0.25) is 0 Å². The van der Waals surface area contributed by atoms with E-state index in [1.165, 1.54) is 0 Å². The molecule has 1 atom stereocenters. The van der Waals surface area contributed by atoms with Crippen LogP contribution < -0.4 is 11.1 Å². The Balaban J connectivity index is 4.60. The van der Waals surface area contributed by atoms with Crippen LogP contribution >= 0.6 is 0 Å². The van der Waals surface area contributed by atoms with Crippen LogP contribution in [0, 0.1) is 0 Å². The van der Waals surface area contributed by atoms with Gasteiger partial charge < -0.3 is 20.5 Å². The predicted octanol–water partition coefficient (Wildman–Crippen LogP) is 3.13. The highest BCUT2D eigenvalue weighted by atomic mass is 16.6. The molecule has 0 radical (unpaired) electrons. The summed E-state index contributed by atoms with van der Waals surface area (Å²) in [6, 6.07) is -0.693. The highest BCUT2D eigenvalue weighted by molar-refractivity contribution is 5.81. The lowest BCUT2D eigenvalue weighted by atomic mass is 10.1. The fraction of sp³-hybridized carbons (Fsp3) is 0.882. The van der Waals surface area contributed by atoms with Gasteiger partial charge in [-0.25, -0.2) is 9.59 Å². The molecule has 0 aliphatic carbocycles. The lowest BCUT2D eigenvalue weighted by Gasteiger charge is -2.26. The quantitative estimate of drug-likeness (QED) is 0.527. The summed E-state index contributed by atoms with van der Waals surface area (Å²) in [5.74, 6) is -0.429. The van der Waals surface area contributed by atoms with Crippen molar-refractivity contribution in [2.75, 3.05) is 6.54 Å². The van der Waals surface area contributed by atoms with Gasteiger partial charge in [-0.3, -0.25) is 0 Å². The summed E-state index contributed by atoms with van der Waals surface area (Å²) in [6.45, 7) is 11.4. The van der Waals surface area contributed by atoms with E-state index in [1.54, 1.807) is 41.5 Å². The van der Waals surface area contributed by atoms with E-state index in [0.717, 1.165) is 25.7 Å². The van der Waals surface area contributed by atoms with Crippen molar-refractivity contribution in [2.24, 2.45) is 5.73 Å². The molecule has 0 fully saturated rings. The number of nitrogens with one attached hydrogen (secondary N) is 1. The molecular weight excluding hydrogens is 296 g/mol. The highest BCUT2D eigenvalue weighted by Gasteiger charge is 2.28. The molecule has 0 heterocycles. The third-order valence-electron chi connectivity index (χ3n) is 2.83. The summed E-state index contributed by atoms with van der Waals surface area (Å²) in [6.07, 6.45) is 3.70. The van der Waals surface area contributed by atoms with Gasteiger partial charge in [0.05, 0.1) is 0 Å². The first-order valence-corrected chi connectivity index (χ1v) is 8.37. The zero-order chi connectivity index (χ0) is 18.1. The maximum atomic E-state index is 12.3. The smallest absolute Gasteiger partial charge is 0.408 e. The van der Waals surface area contributed by atoms with Crippen LogP contribution in [0.3, 0.4) is 0 Å². The first kappa shape index (κ1) is 21.7. The zero-order valence-electron chi connectivity index (χ0n) is 15.5. The van der Waals surface area contributed by atoms with Crippen LogP contribution in [0.5, 0.6) is 0 Å². The van der Waals surface area contributed by atoms with E-state index in [4.69, 9.17) is 15.2 Å². The normalized spacial score (nSPS) is 13.3. The van der Waals surface area contributed by atoms with Crippen molar-refractivity contribution in [1.29, 1.82) is 0 Å². The van der Waals surface area contributed by atoms with Gasteiger partial charge in [0.15, 0.2) is 0 Å². The molecule has 23 heavy (non-hydrogen) atoms. The van der Waals surface area contributed by atoms with Crippen molar-refractivity contribution in [3.05, 3.63) is 0 Å². The minimum atomic E-state index is -0.693. The first-order chi connectivity index (χ1) is 10.4. The molecular formula is C17H34N2O4. The summed E-state index contributed by atoms with van der Waals surface area (Å²) in [4.78, 5) is 24.2. The topological polar surface area (TPSA) is 90.6 Å². The standard InChI is InChI=1S/C17H34N2O4/c1-16(2,3)22-14(20)13(11-9-7-8-10-12-18)19-15(21)23-17(4,5)6/h13H,7-12,18H2,1-6H3,(H,19,21)/t13-/m0/s1. The second-order valence-corrected chi connectivity index (χ2v) is 7.72. The number of rotatable bonds is 8. The molecule has 3 N–H and O–H groups in total. The number of carbonyl (C=O) groups is 2. The van der Waals surface area contributed by atoms with Gasteiger partial charge in [-0.05, 0) is 60.9 Å². The maximum Gasteiger partial charge on any atom is 0.408 e. The molecule has 0 saturated carbocycles. The Kier molecular flexibility index (Phi) is 9.20. The van der Waals surface area contributed by atoms with Crippen molar-refractivity contribution in [2.45, 2.75) is 90.9 Å². The molecule has 0 spiro atoms. The number of hydrogen-bond donors (Lipinski definition) is 2. The summed E-state index contributed by atoms with van der Waals surface area (Å²) in [5, 5.41) is 2.63. The minimum absolute atomic E-state index is 0.429. The van der Waals surface area contributed by atoms with Crippen molar-refractivity contribution in [3.63, 3.8) is 0 Å². The van der Waals surface area contributed by atoms with Gasteiger partial charge in [-0.2, -0.15) is 0 Å². The summed E-state index contributed by atoms with van der Waals surface area (Å²) in [5.41, 5.74) is 4.26. The Bertz CT molecular complexity index is 370. The Morgan fingerprint density at radius 3 is 1.91 bits per heavy atom. The molecule has 0 bridgehead atoms. The van der Waals surface area contributed by atoms with Gasteiger partial charge >= 0.3 is 12.1 Å². The lowest BCUT2D eigenvalue weighted by molar-refractivity contribution is -0.157. The largest absolute Gasteiger partial charge is 0.458 e. The number of ether oxygens (including phenoxy) is 2. The number of carbonyl (C=O) groups excluding carboxylic acids is 2. The summed E-state index contributed by atoms with van der Waals surface area (Å²) >= 11 is 0. The van der Waals surface area contributed by atoms with E-state index < -0.39 is 29.3 Å². The van der Waals surface area contributed by atoms with E-state index in [2.05, 4.69) is 5.32 Å². The van der Waals surface area contributed by atoms with Crippen LogP contribution in [0.2, 0.25) is 0 Å². The Morgan fingerprint density at radius 1 is 0.913 bits per heavy atom. The number of hydrogen-bond acceptors (Lipinski definition) is 5. The molecule has 0 aliphatic heterocycles. The van der Waals surface area contributed by atoms with Gasteiger partial charge in [0.1, 0.15) is 17.2 Å². The second kappa shape index (κ2) is 9.75. The predicted molar refractivity (Wildman–Crippen MR) is 91.1 cm³/mol.